The quantitative estimate of drug-likeness (QED) is 0.694. The molecule has 0 bridgehead atoms. The maximum Gasteiger partial charge on any atom is 0.0931 e. The number of rotatable bonds is 9. The molecule has 0 spiro atoms. The standard InChI is InChI=1S/C14H25ClN2S/c1-4-12(3)11-17(5-2)9-8-16-10-13-6-7-14(15)18-13/h6-7,12,16H,4-5,8-11H2,1-3H3. The smallest absolute Gasteiger partial charge is 0.0931 e. The zero-order valence-electron chi connectivity index (χ0n) is 11.7. The third-order valence-corrected chi connectivity index (χ3v) is 4.48. The van der Waals surface area contributed by atoms with E-state index in [4.69, 9.17) is 11.6 Å². The van der Waals surface area contributed by atoms with Crippen LogP contribution in [-0.4, -0.2) is 31.1 Å². The van der Waals surface area contributed by atoms with Gasteiger partial charge in [0.05, 0.1) is 4.34 Å². The molecule has 1 aromatic rings. The van der Waals surface area contributed by atoms with Crippen LogP contribution in [0, 0.1) is 5.92 Å². The van der Waals surface area contributed by atoms with Crippen molar-refractivity contribution in [3.63, 3.8) is 0 Å². The first-order chi connectivity index (χ1) is 8.65. The summed E-state index contributed by atoms with van der Waals surface area (Å²) >= 11 is 7.56. The molecule has 1 heterocycles. The van der Waals surface area contributed by atoms with Crippen molar-refractivity contribution in [3.8, 4) is 0 Å². The number of likely N-dealkylation sites (N-methyl/N-ethyl adjacent to an activating group) is 1. The van der Waals surface area contributed by atoms with Crippen molar-refractivity contribution in [1.82, 2.24) is 10.2 Å². The molecule has 0 aliphatic carbocycles. The second-order valence-corrected chi connectivity index (χ2v) is 6.59. The summed E-state index contributed by atoms with van der Waals surface area (Å²) in [4.78, 5) is 3.83. The molecular formula is C14H25ClN2S. The summed E-state index contributed by atoms with van der Waals surface area (Å²) in [5.74, 6) is 0.793. The maximum atomic E-state index is 5.90. The van der Waals surface area contributed by atoms with Crippen molar-refractivity contribution in [1.29, 1.82) is 0 Å². The van der Waals surface area contributed by atoms with Crippen LogP contribution < -0.4 is 5.32 Å². The minimum atomic E-state index is 0.793. The molecule has 0 saturated carbocycles. The lowest BCUT2D eigenvalue weighted by Gasteiger charge is -2.23. The Morgan fingerprint density at radius 3 is 2.72 bits per heavy atom. The van der Waals surface area contributed by atoms with E-state index in [1.54, 1.807) is 11.3 Å². The molecule has 1 unspecified atom stereocenters. The fraction of sp³-hybridized carbons (Fsp3) is 0.714. The molecule has 0 aromatic carbocycles. The van der Waals surface area contributed by atoms with Crippen LogP contribution in [0.5, 0.6) is 0 Å². The topological polar surface area (TPSA) is 15.3 Å². The molecule has 0 fully saturated rings. The number of thiophene rings is 1. The van der Waals surface area contributed by atoms with E-state index in [-0.39, 0.29) is 0 Å². The first kappa shape index (κ1) is 16.0. The summed E-state index contributed by atoms with van der Waals surface area (Å²) in [6.07, 6.45) is 1.26. The lowest BCUT2D eigenvalue weighted by Crippen LogP contribution is -2.34. The van der Waals surface area contributed by atoms with Crippen LogP contribution >= 0.6 is 22.9 Å². The second kappa shape index (κ2) is 8.92. The molecule has 1 atom stereocenters. The van der Waals surface area contributed by atoms with Gasteiger partial charge in [-0.2, -0.15) is 0 Å². The van der Waals surface area contributed by atoms with E-state index in [1.165, 1.54) is 17.8 Å². The highest BCUT2D eigenvalue weighted by Gasteiger charge is 2.06. The van der Waals surface area contributed by atoms with Gasteiger partial charge >= 0.3 is 0 Å². The van der Waals surface area contributed by atoms with Crippen LogP contribution in [0.15, 0.2) is 12.1 Å². The number of hydrogen-bond acceptors (Lipinski definition) is 3. The van der Waals surface area contributed by atoms with Crippen LogP contribution in [-0.2, 0) is 6.54 Å². The Balaban J connectivity index is 2.15. The van der Waals surface area contributed by atoms with Gasteiger partial charge in [-0.05, 0) is 24.6 Å². The molecule has 0 aliphatic rings. The Bertz CT molecular complexity index is 327. The van der Waals surface area contributed by atoms with Crippen LogP contribution in [0.4, 0.5) is 0 Å². The molecule has 4 heteroatoms. The number of halogens is 1. The van der Waals surface area contributed by atoms with E-state index in [9.17, 15) is 0 Å². The van der Waals surface area contributed by atoms with Gasteiger partial charge in [-0.25, -0.2) is 0 Å². The van der Waals surface area contributed by atoms with Gasteiger partial charge in [0.1, 0.15) is 0 Å². The molecule has 0 radical (unpaired) electrons. The van der Waals surface area contributed by atoms with Gasteiger partial charge in [0.15, 0.2) is 0 Å². The highest BCUT2D eigenvalue weighted by atomic mass is 35.5. The molecule has 18 heavy (non-hydrogen) atoms. The minimum absolute atomic E-state index is 0.793. The van der Waals surface area contributed by atoms with Gasteiger partial charge in [-0.1, -0.05) is 38.8 Å². The predicted molar refractivity (Wildman–Crippen MR) is 82.6 cm³/mol. The molecular weight excluding hydrogens is 264 g/mol. The minimum Gasteiger partial charge on any atom is -0.311 e. The maximum absolute atomic E-state index is 5.90. The van der Waals surface area contributed by atoms with Crippen molar-refractivity contribution in [2.75, 3.05) is 26.2 Å². The summed E-state index contributed by atoms with van der Waals surface area (Å²) < 4.78 is 0.874. The Labute approximate surface area is 120 Å². The number of nitrogens with zero attached hydrogens (tertiary/aromatic N) is 1. The third kappa shape index (κ3) is 6.19. The van der Waals surface area contributed by atoms with E-state index in [0.717, 1.165) is 36.4 Å². The summed E-state index contributed by atoms with van der Waals surface area (Å²) in [5.41, 5.74) is 0. The Morgan fingerprint density at radius 1 is 1.39 bits per heavy atom. The zero-order valence-corrected chi connectivity index (χ0v) is 13.3. The molecule has 2 nitrogen and oxygen atoms in total. The van der Waals surface area contributed by atoms with Gasteiger partial charge < -0.3 is 10.2 Å². The summed E-state index contributed by atoms with van der Waals surface area (Å²) in [6, 6.07) is 4.06. The van der Waals surface area contributed by atoms with E-state index >= 15 is 0 Å². The summed E-state index contributed by atoms with van der Waals surface area (Å²) in [6.45, 7) is 12.3. The van der Waals surface area contributed by atoms with Crippen molar-refractivity contribution >= 4 is 22.9 Å². The second-order valence-electron chi connectivity index (χ2n) is 4.79. The van der Waals surface area contributed by atoms with Crippen molar-refractivity contribution in [2.24, 2.45) is 5.92 Å². The highest BCUT2D eigenvalue weighted by molar-refractivity contribution is 7.16. The predicted octanol–water partition coefficient (Wildman–Crippen LogP) is 3.86. The fourth-order valence-corrected chi connectivity index (χ4v) is 2.90. The SMILES string of the molecule is CCC(C)CN(CC)CCNCc1ccc(Cl)s1. The van der Waals surface area contributed by atoms with Crippen LogP contribution in [0.3, 0.4) is 0 Å². The molecule has 1 N–H and O–H groups in total. The third-order valence-electron chi connectivity index (χ3n) is 3.25. The first-order valence-corrected chi connectivity index (χ1v) is 8.02. The molecule has 0 saturated heterocycles. The van der Waals surface area contributed by atoms with Gasteiger partial charge in [0.25, 0.3) is 0 Å². The summed E-state index contributed by atoms with van der Waals surface area (Å²) in [7, 11) is 0. The van der Waals surface area contributed by atoms with Crippen LogP contribution in [0.2, 0.25) is 4.34 Å². The Kier molecular flexibility index (Phi) is 7.91. The number of nitrogens with one attached hydrogen (secondary N) is 1. The van der Waals surface area contributed by atoms with Crippen LogP contribution in [0.1, 0.15) is 32.1 Å². The van der Waals surface area contributed by atoms with Crippen molar-refractivity contribution in [2.45, 2.75) is 33.7 Å². The van der Waals surface area contributed by atoms with E-state index in [0.29, 0.717) is 0 Å². The average Bonchev–Trinajstić information content (AvgIpc) is 2.78. The zero-order chi connectivity index (χ0) is 13.4. The Morgan fingerprint density at radius 2 is 2.17 bits per heavy atom. The van der Waals surface area contributed by atoms with Gasteiger partial charge in [0, 0.05) is 31.1 Å². The fourth-order valence-electron chi connectivity index (χ4n) is 1.84. The lowest BCUT2D eigenvalue weighted by molar-refractivity contribution is 0.245. The number of hydrogen-bond donors (Lipinski definition) is 1. The average molecular weight is 289 g/mol. The molecule has 1 aromatic heterocycles. The van der Waals surface area contributed by atoms with Gasteiger partial charge in [0.2, 0.25) is 0 Å². The molecule has 104 valence electrons. The first-order valence-electron chi connectivity index (χ1n) is 6.83. The highest BCUT2D eigenvalue weighted by Crippen LogP contribution is 2.20. The van der Waals surface area contributed by atoms with Gasteiger partial charge in [-0.15, -0.1) is 11.3 Å². The largest absolute Gasteiger partial charge is 0.311 e. The molecule has 0 amide bonds. The van der Waals surface area contributed by atoms with E-state index < -0.39 is 0 Å². The van der Waals surface area contributed by atoms with Crippen molar-refractivity contribution < 1.29 is 0 Å². The monoisotopic (exact) mass is 288 g/mol. The van der Waals surface area contributed by atoms with E-state index in [1.807, 2.05) is 6.07 Å². The Hall–Kier alpha value is -0.0900. The molecule has 1 rings (SSSR count). The van der Waals surface area contributed by atoms with E-state index in [2.05, 4.69) is 37.1 Å². The van der Waals surface area contributed by atoms with Crippen LogP contribution in [0.25, 0.3) is 0 Å². The summed E-state index contributed by atoms with van der Waals surface area (Å²) in [5, 5.41) is 3.48. The molecule has 0 aliphatic heterocycles. The van der Waals surface area contributed by atoms with Crippen molar-refractivity contribution in [3.05, 3.63) is 21.3 Å². The normalized spacial score (nSPS) is 13.2. The van der Waals surface area contributed by atoms with Gasteiger partial charge in [-0.3, -0.25) is 0 Å². The lowest BCUT2D eigenvalue weighted by atomic mass is 10.1.